The average Bonchev–Trinajstić information content (AvgIpc) is 3.68. The van der Waals surface area contributed by atoms with Crippen molar-refractivity contribution < 1.29 is 4.42 Å². The Bertz CT molecular complexity index is 4190. The lowest BCUT2D eigenvalue weighted by Gasteiger charge is -2.16. The number of benzene rings is 6. The fraction of sp³-hybridized carbons (Fsp3) is 0.364. The molecule has 0 radical (unpaired) electrons. The molecule has 6 aromatic carbocycles. The van der Waals surface area contributed by atoms with Gasteiger partial charge >= 0.3 is 0 Å². The van der Waals surface area contributed by atoms with Gasteiger partial charge in [-0.3, -0.25) is 28.3 Å². The minimum Gasteiger partial charge on any atom is -0.467 e. The third-order valence-electron chi connectivity index (χ3n) is 15.7. The van der Waals surface area contributed by atoms with Crippen molar-refractivity contribution in [1.82, 2.24) is 9.13 Å². The Labute approximate surface area is 467 Å². The predicted molar refractivity (Wildman–Crippen MR) is 322 cm³/mol. The van der Waals surface area contributed by atoms with Crippen LogP contribution < -0.4 is 22.2 Å². The third kappa shape index (κ3) is 10.7. The first-order valence-electron chi connectivity index (χ1n) is 28.1. The standard InChI is InChI=1S/C33H30N4O3.C33H30N4O2S/c2*1-3-4-5-6-7-8-9-10-11-12-15-37-32(38)24-17-22(20-35)28-23-16-21(19-34)13-14-27(23)40-31-26(36-2)18-25(33(37)39)29(24)30(28)31/h2*13-14,16-18H,3-12,15H2,1H3. The van der Waals surface area contributed by atoms with Gasteiger partial charge in [0, 0.05) is 76.4 Å². The van der Waals surface area contributed by atoms with Crippen LogP contribution in [0.2, 0.25) is 0 Å². The molecule has 0 spiro atoms. The van der Waals surface area contributed by atoms with Crippen LogP contribution in [0.25, 0.3) is 94.9 Å². The molecule has 0 saturated heterocycles. The second kappa shape index (κ2) is 25.3. The maximum absolute atomic E-state index is 13.7. The Morgan fingerprint density at radius 2 is 0.863 bits per heavy atom. The minimum atomic E-state index is -0.436. The van der Waals surface area contributed by atoms with Gasteiger partial charge in [0.25, 0.3) is 22.2 Å². The van der Waals surface area contributed by atoms with Crippen molar-refractivity contribution >= 4 is 108 Å². The first kappa shape index (κ1) is 55.8. The van der Waals surface area contributed by atoms with Crippen molar-refractivity contribution in [3.63, 3.8) is 0 Å². The van der Waals surface area contributed by atoms with E-state index in [-0.39, 0.29) is 38.7 Å². The first-order valence-corrected chi connectivity index (χ1v) is 29.0. The van der Waals surface area contributed by atoms with Crippen LogP contribution in [-0.4, -0.2) is 9.13 Å². The largest absolute Gasteiger partial charge is 0.467 e. The van der Waals surface area contributed by atoms with Crippen LogP contribution >= 0.6 is 11.3 Å². The van der Waals surface area contributed by atoms with Gasteiger partial charge in [-0.1, -0.05) is 129 Å². The van der Waals surface area contributed by atoms with Crippen LogP contribution in [0.5, 0.6) is 0 Å². The normalized spacial score (nSPS) is 11.3. The van der Waals surface area contributed by atoms with Crippen LogP contribution in [0.15, 0.2) is 84.3 Å². The lowest BCUT2D eigenvalue weighted by molar-refractivity contribution is 0.527. The lowest BCUT2D eigenvalue weighted by atomic mass is 9.92. The summed E-state index contributed by atoms with van der Waals surface area (Å²) in [6.45, 7) is 20.7. The number of aromatic nitrogens is 2. The molecule has 13 nitrogen and oxygen atoms in total. The SMILES string of the molecule is [C-]#[N+]c1cc2c(=O)n(CCCCCCCCCCCC)c(=O)c3cc(C#N)c4c5cc(C#N)ccc5oc1c4c23.[C-]#[N+]c1cc2c(=O)n(CCCCCCCCCCCC)c(=O)c3cc(C#N)c4c5cc(C#N)ccc5sc1c4c23. The maximum Gasteiger partial charge on any atom is 0.261 e. The van der Waals surface area contributed by atoms with Crippen LogP contribution in [0.4, 0.5) is 11.4 Å². The molecule has 400 valence electrons. The summed E-state index contributed by atoms with van der Waals surface area (Å²) >= 11 is 1.38. The highest BCUT2D eigenvalue weighted by Crippen LogP contribution is 2.47. The van der Waals surface area contributed by atoms with E-state index < -0.39 is 11.1 Å². The summed E-state index contributed by atoms with van der Waals surface area (Å²) in [4.78, 5) is 62.1. The smallest absolute Gasteiger partial charge is 0.261 e. The molecule has 0 amide bonds. The van der Waals surface area contributed by atoms with Crippen molar-refractivity contribution in [2.45, 2.75) is 155 Å². The molecule has 4 aromatic heterocycles. The van der Waals surface area contributed by atoms with E-state index in [9.17, 15) is 40.2 Å². The van der Waals surface area contributed by atoms with E-state index in [4.69, 9.17) is 17.6 Å². The summed E-state index contributed by atoms with van der Waals surface area (Å²) in [5, 5.41) is 44.6. The number of fused-ring (bicyclic) bond motifs is 4. The highest BCUT2D eigenvalue weighted by molar-refractivity contribution is 7.25. The number of unbranched alkanes of at least 4 members (excludes halogenated alkanes) is 18. The van der Waals surface area contributed by atoms with Gasteiger partial charge in [-0.2, -0.15) is 21.0 Å². The van der Waals surface area contributed by atoms with Crippen molar-refractivity contribution in [2.24, 2.45) is 0 Å². The van der Waals surface area contributed by atoms with Crippen LogP contribution in [-0.2, 0) is 13.1 Å². The predicted octanol–water partition coefficient (Wildman–Crippen LogP) is 16.6. The average molecular weight is 1080 g/mol. The van der Waals surface area contributed by atoms with Gasteiger partial charge in [0.05, 0.1) is 65.1 Å². The summed E-state index contributed by atoms with van der Waals surface area (Å²) in [6.07, 6.45) is 23.0. The first-order chi connectivity index (χ1) is 39.1. The summed E-state index contributed by atoms with van der Waals surface area (Å²) in [7, 11) is 0. The van der Waals surface area contributed by atoms with E-state index in [1.165, 1.54) is 110 Å². The van der Waals surface area contributed by atoms with E-state index in [1.807, 2.05) is 6.07 Å². The monoisotopic (exact) mass is 1080 g/mol. The fourth-order valence-electron chi connectivity index (χ4n) is 11.6. The Hall–Kier alpha value is -8.92. The molecule has 0 atom stereocenters. The molecule has 4 heterocycles. The molecule has 80 heavy (non-hydrogen) atoms. The molecular formula is C66H60N8O5S. The van der Waals surface area contributed by atoms with E-state index in [1.54, 1.807) is 42.5 Å². The van der Waals surface area contributed by atoms with E-state index in [0.29, 0.717) is 106 Å². The maximum atomic E-state index is 13.7. The number of hydrogen-bond donors (Lipinski definition) is 0. The van der Waals surface area contributed by atoms with Gasteiger partial charge in [-0.05, 0) is 78.9 Å². The Morgan fingerprint density at radius 3 is 1.32 bits per heavy atom. The number of nitrogens with zero attached hydrogens (tertiary/aromatic N) is 8. The zero-order valence-corrected chi connectivity index (χ0v) is 46.2. The molecule has 0 fully saturated rings. The topological polar surface area (TPSA) is 195 Å². The second-order valence-corrected chi connectivity index (χ2v) is 22.0. The molecule has 0 N–H and O–H groups in total. The summed E-state index contributed by atoms with van der Waals surface area (Å²) in [5.41, 5.74) is 0.826. The van der Waals surface area contributed by atoms with Gasteiger partial charge in [0.15, 0.2) is 0 Å². The van der Waals surface area contributed by atoms with Gasteiger partial charge < -0.3 is 4.42 Å². The van der Waals surface area contributed by atoms with Crippen LogP contribution in [0.1, 0.15) is 165 Å². The molecular weight excluding hydrogens is 1020 g/mol. The van der Waals surface area contributed by atoms with Crippen molar-refractivity contribution in [3.8, 4) is 24.3 Å². The minimum absolute atomic E-state index is 0.140. The number of hydrogen-bond acceptors (Lipinski definition) is 10. The Kier molecular flexibility index (Phi) is 17.6. The van der Waals surface area contributed by atoms with Gasteiger partial charge in [0.1, 0.15) is 11.2 Å². The van der Waals surface area contributed by atoms with Gasteiger partial charge in [0.2, 0.25) is 11.4 Å². The van der Waals surface area contributed by atoms with Gasteiger partial charge in [-0.25, -0.2) is 9.69 Å². The van der Waals surface area contributed by atoms with Crippen molar-refractivity contribution in [3.05, 3.63) is 147 Å². The number of nitriles is 4. The molecule has 0 aliphatic carbocycles. The highest BCUT2D eigenvalue weighted by atomic mass is 32.1. The zero-order valence-electron chi connectivity index (χ0n) is 45.4. The van der Waals surface area contributed by atoms with E-state index in [2.05, 4.69) is 47.8 Å². The molecule has 10 rings (SSSR count). The Balaban J connectivity index is 0.000000194. The van der Waals surface area contributed by atoms with E-state index >= 15 is 0 Å². The third-order valence-corrected chi connectivity index (χ3v) is 16.9. The van der Waals surface area contributed by atoms with Crippen LogP contribution in [0, 0.1) is 58.5 Å². The van der Waals surface area contributed by atoms with Crippen LogP contribution in [0.3, 0.4) is 0 Å². The Morgan fingerprint density at radius 1 is 0.450 bits per heavy atom. The molecule has 0 bridgehead atoms. The molecule has 0 unspecified atom stereocenters. The lowest BCUT2D eigenvalue weighted by Crippen LogP contribution is -2.33. The highest BCUT2D eigenvalue weighted by Gasteiger charge is 2.26. The molecule has 0 aliphatic rings. The summed E-state index contributed by atoms with van der Waals surface area (Å²) < 4.78 is 10.1. The summed E-state index contributed by atoms with van der Waals surface area (Å²) in [6, 6.07) is 25.0. The second-order valence-electron chi connectivity index (χ2n) is 20.9. The number of pyridine rings is 2. The summed E-state index contributed by atoms with van der Waals surface area (Å²) in [5.74, 6) is 0. The number of rotatable bonds is 22. The van der Waals surface area contributed by atoms with Gasteiger partial charge in [-0.15, -0.1) is 11.3 Å². The zero-order chi connectivity index (χ0) is 56.5. The quantitative estimate of drug-likeness (QED) is 0.0274. The fourth-order valence-corrected chi connectivity index (χ4v) is 12.8. The molecule has 0 saturated carbocycles. The molecule has 10 aromatic rings. The molecule has 14 heteroatoms. The van der Waals surface area contributed by atoms with E-state index in [0.717, 1.165) is 49.6 Å². The van der Waals surface area contributed by atoms with Crippen molar-refractivity contribution in [1.29, 1.82) is 21.0 Å². The molecule has 0 aliphatic heterocycles. The van der Waals surface area contributed by atoms with Crippen molar-refractivity contribution in [2.75, 3.05) is 0 Å².